The second kappa shape index (κ2) is 6.45. The zero-order valence-corrected chi connectivity index (χ0v) is 9.88. The third-order valence-corrected chi connectivity index (χ3v) is 2.75. The molecule has 1 aromatic carbocycles. The predicted octanol–water partition coefficient (Wildman–Crippen LogP) is 2.45. The van der Waals surface area contributed by atoms with Gasteiger partial charge < -0.3 is 5.73 Å². The Bertz CT molecular complexity index is 393. The maximum absolute atomic E-state index is 13.3. The number of carbonyl (C=O) groups is 1. The van der Waals surface area contributed by atoms with Crippen LogP contribution in [0.25, 0.3) is 0 Å². The van der Waals surface area contributed by atoms with Crippen molar-refractivity contribution >= 4 is 5.78 Å². The first-order valence-electron chi connectivity index (χ1n) is 5.75. The van der Waals surface area contributed by atoms with E-state index in [-0.39, 0.29) is 30.2 Å². The van der Waals surface area contributed by atoms with Gasteiger partial charge in [0.25, 0.3) is 0 Å². The normalized spacial score (nSPS) is 12.5. The lowest BCUT2D eigenvalue weighted by Crippen LogP contribution is -2.25. The van der Waals surface area contributed by atoms with Gasteiger partial charge in [-0.1, -0.05) is 13.3 Å². The maximum atomic E-state index is 13.3. The molecule has 17 heavy (non-hydrogen) atoms. The van der Waals surface area contributed by atoms with Gasteiger partial charge in [0.05, 0.1) is 0 Å². The molecule has 2 N–H and O–H groups in total. The zero-order chi connectivity index (χ0) is 12.8. The van der Waals surface area contributed by atoms with E-state index in [9.17, 15) is 13.6 Å². The van der Waals surface area contributed by atoms with Crippen molar-refractivity contribution in [3.8, 4) is 0 Å². The minimum absolute atomic E-state index is 0.0918. The monoisotopic (exact) mass is 241 g/mol. The van der Waals surface area contributed by atoms with Crippen LogP contribution in [-0.2, 0) is 11.2 Å². The molecule has 0 saturated carbocycles. The van der Waals surface area contributed by atoms with E-state index in [1.54, 1.807) is 0 Å². The number of benzene rings is 1. The fourth-order valence-corrected chi connectivity index (χ4v) is 1.77. The first-order valence-corrected chi connectivity index (χ1v) is 5.75. The maximum Gasteiger partial charge on any atom is 0.141 e. The molecule has 0 aliphatic carbocycles. The predicted molar refractivity (Wildman–Crippen MR) is 62.5 cm³/mol. The number of rotatable bonds is 6. The molecule has 0 bridgehead atoms. The van der Waals surface area contributed by atoms with E-state index in [0.717, 1.165) is 24.6 Å². The van der Waals surface area contributed by atoms with Crippen LogP contribution in [0.15, 0.2) is 18.2 Å². The smallest absolute Gasteiger partial charge is 0.141 e. The molecule has 1 unspecified atom stereocenters. The van der Waals surface area contributed by atoms with Crippen LogP contribution >= 0.6 is 0 Å². The fraction of sp³-hybridized carbons (Fsp3) is 0.462. The van der Waals surface area contributed by atoms with Crippen molar-refractivity contribution in [1.82, 2.24) is 0 Å². The highest BCUT2D eigenvalue weighted by Crippen LogP contribution is 2.14. The van der Waals surface area contributed by atoms with E-state index >= 15 is 0 Å². The van der Waals surface area contributed by atoms with E-state index in [0.29, 0.717) is 6.42 Å². The summed E-state index contributed by atoms with van der Waals surface area (Å²) in [7, 11) is 0. The SMILES string of the molecule is CCCC(CN)C(=O)Cc1cc(F)ccc1F. The van der Waals surface area contributed by atoms with Gasteiger partial charge in [0, 0.05) is 18.9 Å². The standard InChI is InChI=1S/C13H17F2NO/c1-2-3-9(8-16)13(17)7-10-6-11(14)4-5-12(10)15/h4-6,9H,2-3,7-8,16H2,1H3. The molecular formula is C13H17F2NO. The summed E-state index contributed by atoms with van der Waals surface area (Å²) < 4.78 is 26.3. The second-order valence-corrected chi connectivity index (χ2v) is 4.10. The van der Waals surface area contributed by atoms with Crippen molar-refractivity contribution in [2.45, 2.75) is 26.2 Å². The molecule has 0 radical (unpaired) electrons. The molecule has 0 aliphatic rings. The van der Waals surface area contributed by atoms with Crippen LogP contribution in [-0.4, -0.2) is 12.3 Å². The van der Waals surface area contributed by atoms with E-state index in [2.05, 4.69) is 0 Å². The molecule has 1 atom stereocenters. The minimum Gasteiger partial charge on any atom is -0.330 e. The van der Waals surface area contributed by atoms with Crippen molar-refractivity contribution in [2.75, 3.05) is 6.54 Å². The summed E-state index contributed by atoms with van der Waals surface area (Å²) in [4.78, 5) is 11.8. The number of hydrogen-bond acceptors (Lipinski definition) is 2. The van der Waals surface area contributed by atoms with Gasteiger partial charge in [-0.3, -0.25) is 4.79 Å². The first kappa shape index (κ1) is 13.8. The topological polar surface area (TPSA) is 43.1 Å². The highest BCUT2D eigenvalue weighted by molar-refractivity contribution is 5.83. The first-order chi connectivity index (χ1) is 8.08. The Hall–Kier alpha value is -1.29. The van der Waals surface area contributed by atoms with E-state index in [1.807, 2.05) is 6.92 Å². The van der Waals surface area contributed by atoms with Crippen LogP contribution < -0.4 is 5.73 Å². The summed E-state index contributed by atoms with van der Waals surface area (Å²) in [5.74, 6) is -1.47. The molecule has 0 spiro atoms. The number of nitrogens with two attached hydrogens (primary N) is 1. The van der Waals surface area contributed by atoms with E-state index < -0.39 is 11.6 Å². The highest BCUT2D eigenvalue weighted by atomic mass is 19.1. The molecular weight excluding hydrogens is 224 g/mol. The molecule has 0 aromatic heterocycles. The van der Waals surface area contributed by atoms with Crippen LogP contribution in [0.5, 0.6) is 0 Å². The Balaban J connectivity index is 2.76. The zero-order valence-electron chi connectivity index (χ0n) is 9.88. The molecule has 0 heterocycles. The van der Waals surface area contributed by atoms with Crippen LogP contribution in [0, 0.1) is 17.6 Å². The van der Waals surface area contributed by atoms with Crippen LogP contribution in [0.1, 0.15) is 25.3 Å². The van der Waals surface area contributed by atoms with Gasteiger partial charge in [-0.2, -0.15) is 0 Å². The number of Topliss-reactive ketones (excluding diaryl/α,β-unsaturated/α-hetero) is 1. The number of hydrogen-bond donors (Lipinski definition) is 1. The van der Waals surface area contributed by atoms with Crippen molar-refractivity contribution in [1.29, 1.82) is 0 Å². The number of carbonyl (C=O) groups excluding carboxylic acids is 1. The molecule has 0 fully saturated rings. The van der Waals surface area contributed by atoms with Gasteiger partial charge in [0.2, 0.25) is 0 Å². The fourth-order valence-electron chi connectivity index (χ4n) is 1.77. The highest BCUT2D eigenvalue weighted by Gasteiger charge is 2.17. The molecule has 0 amide bonds. The summed E-state index contributed by atoms with van der Waals surface area (Å²) in [6, 6.07) is 3.14. The Kier molecular flexibility index (Phi) is 5.22. The number of ketones is 1. The minimum atomic E-state index is -0.549. The van der Waals surface area contributed by atoms with Crippen LogP contribution in [0.2, 0.25) is 0 Å². The van der Waals surface area contributed by atoms with Crippen molar-refractivity contribution in [3.63, 3.8) is 0 Å². The van der Waals surface area contributed by atoms with Crippen molar-refractivity contribution in [3.05, 3.63) is 35.4 Å². The molecule has 94 valence electrons. The largest absolute Gasteiger partial charge is 0.330 e. The molecule has 2 nitrogen and oxygen atoms in total. The summed E-state index contributed by atoms with van der Waals surface area (Å²) in [6.07, 6.45) is 1.44. The quantitative estimate of drug-likeness (QED) is 0.831. The second-order valence-electron chi connectivity index (χ2n) is 4.10. The Labute approximate surface area is 99.8 Å². The van der Waals surface area contributed by atoms with Crippen molar-refractivity contribution in [2.24, 2.45) is 11.7 Å². The third kappa shape index (κ3) is 3.89. The third-order valence-electron chi connectivity index (χ3n) is 2.75. The number of halogens is 2. The average Bonchev–Trinajstić information content (AvgIpc) is 2.30. The molecule has 0 aliphatic heterocycles. The lowest BCUT2D eigenvalue weighted by atomic mass is 9.94. The van der Waals surface area contributed by atoms with Gasteiger partial charge in [-0.05, 0) is 30.2 Å². The van der Waals surface area contributed by atoms with Gasteiger partial charge in [0.1, 0.15) is 17.4 Å². The lowest BCUT2D eigenvalue weighted by molar-refractivity contribution is -0.122. The van der Waals surface area contributed by atoms with Crippen LogP contribution in [0.3, 0.4) is 0 Å². The summed E-state index contributed by atoms with van der Waals surface area (Å²) in [6.45, 7) is 2.21. The summed E-state index contributed by atoms with van der Waals surface area (Å²) in [5, 5.41) is 0. The molecule has 4 heteroatoms. The Morgan fingerprint density at radius 1 is 1.41 bits per heavy atom. The Morgan fingerprint density at radius 2 is 2.12 bits per heavy atom. The van der Waals surface area contributed by atoms with Crippen molar-refractivity contribution < 1.29 is 13.6 Å². The Morgan fingerprint density at radius 3 is 2.71 bits per heavy atom. The molecule has 1 aromatic rings. The van der Waals surface area contributed by atoms with E-state index in [4.69, 9.17) is 5.73 Å². The summed E-state index contributed by atoms with van der Waals surface area (Å²) >= 11 is 0. The average molecular weight is 241 g/mol. The molecule has 0 saturated heterocycles. The molecule has 1 rings (SSSR count). The van der Waals surface area contributed by atoms with Gasteiger partial charge >= 0.3 is 0 Å². The lowest BCUT2D eigenvalue weighted by Gasteiger charge is -2.12. The van der Waals surface area contributed by atoms with Gasteiger partial charge in [-0.15, -0.1) is 0 Å². The van der Waals surface area contributed by atoms with Gasteiger partial charge in [-0.25, -0.2) is 8.78 Å². The van der Waals surface area contributed by atoms with E-state index in [1.165, 1.54) is 0 Å². The van der Waals surface area contributed by atoms with Gasteiger partial charge in [0.15, 0.2) is 0 Å². The summed E-state index contributed by atoms with van der Waals surface area (Å²) in [5.41, 5.74) is 5.59. The van der Waals surface area contributed by atoms with Crippen LogP contribution in [0.4, 0.5) is 8.78 Å².